The number of para-hydroxylation sites is 1. The summed E-state index contributed by atoms with van der Waals surface area (Å²) in [6, 6.07) is 9.99. The maximum absolute atomic E-state index is 12.8. The van der Waals surface area contributed by atoms with E-state index in [2.05, 4.69) is 11.2 Å². The molecule has 2 aliphatic rings. The molecule has 1 amide bonds. The van der Waals surface area contributed by atoms with Crippen molar-refractivity contribution in [3.8, 4) is 5.75 Å². The first-order valence-corrected chi connectivity index (χ1v) is 8.76. The zero-order valence-electron chi connectivity index (χ0n) is 13.8. The molecule has 2 aliphatic heterocycles. The zero-order valence-corrected chi connectivity index (χ0v) is 13.8. The first-order chi connectivity index (χ1) is 11.8. The van der Waals surface area contributed by atoms with Crippen LogP contribution in [0.4, 0.5) is 0 Å². The fourth-order valence-corrected chi connectivity index (χ4v) is 3.75. The average Bonchev–Trinajstić information content (AvgIpc) is 3.14. The highest BCUT2D eigenvalue weighted by Crippen LogP contribution is 2.29. The molecule has 5 heteroatoms. The van der Waals surface area contributed by atoms with Crippen molar-refractivity contribution in [1.29, 1.82) is 0 Å². The Morgan fingerprint density at radius 3 is 2.83 bits per heavy atom. The second-order valence-electron chi connectivity index (χ2n) is 6.82. The fourth-order valence-electron chi connectivity index (χ4n) is 3.75. The van der Waals surface area contributed by atoms with Gasteiger partial charge < -0.3 is 9.64 Å². The van der Waals surface area contributed by atoms with Gasteiger partial charge in [-0.05, 0) is 42.9 Å². The van der Waals surface area contributed by atoms with Crippen LogP contribution in [0.2, 0.25) is 0 Å². The fraction of sp³-hybridized carbons (Fsp3) is 0.474. The maximum atomic E-state index is 12.8. The number of nitrogens with zero attached hydrogens (tertiary/aromatic N) is 3. The van der Waals surface area contributed by atoms with Gasteiger partial charge in [0.25, 0.3) is 0 Å². The molecule has 0 radical (unpaired) electrons. The molecule has 5 nitrogen and oxygen atoms in total. The average molecular weight is 325 g/mol. The van der Waals surface area contributed by atoms with E-state index in [0.717, 1.165) is 50.2 Å². The Hall–Kier alpha value is -2.30. The molecule has 2 aromatic rings. The van der Waals surface area contributed by atoms with Gasteiger partial charge >= 0.3 is 0 Å². The van der Waals surface area contributed by atoms with Crippen molar-refractivity contribution < 1.29 is 9.53 Å². The van der Waals surface area contributed by atoms with Crippen LogP contribution < -0.4 is 4.74 Å². The summed E-state index contributed by atoms with van der Waals surface area (Å²) in [5, 5.41) is 4.28. The summed E-state index contributed by atoms with van der Waals surface area (Å²) in [6.45, 7) is 3.16. The lowest BCUT2D eigenvalue weighted by Gasteiger charge is -2.35. The van der Waals surface area contributed by atoms with Crippen LogP contribution >= 0.6 is 0 Å². The molecular formula is C19H23N3O2. The van der Waals surface area contributed by atoms with Gasteiger partial charge in [0.2, 0.25) is 5.91 Å². The molecular weight excluding hydrogens is 302 g/mol. The number of carbonyl (C=O) groups is 1. The maximum Gasteiger partial charge on any atom is 0.229 e. The number of hydrogen-bond donors (Lipinski definition) is 0. The van der Waals surface area contributed by atoms with Crippen molar-refractivity contribution in [2.45, 2.75) is 25.8 Å². The van der Waals surface area contributed by atoms with E-state index < -0.39 is 0 Å². The zero-order chi connectivity index (χ0) is 16.4. The highest BCUT2D eigenvalue weighted by atomic mass is 16.5. The molecule has 0 saturated carbocycles. The van der Waals surface area contributed by atoms with Crippen molar-refractivity contribution in [3.63, 3.8) is 0 Å². The second kappa shape index (κ2) is 6.67. The van der Waals surface area contributed by atoms with Crippen LogP contribution in [0.3, 0.4) is 0 Å². The quantitative estimate of drug-likeness (QED) is 0.870. The van der Waals surface area contributed by atoms with E-state index >= 15 is 0 Å². The van der Waals surface area contributed by atoms with Crippen molar-refractivity contribution in [2.24, 2.45) is 11.8 Å². The van der Waals surface area contributed by atoms with E-state index in [0.29, 0.717) is 12.5 Å². The molecule has 126 valence electrons. The number of hydrogen-bond acceptors (Lipinski definition) is 3. The third kappa shape index (κ3) is 3.16. The largest absolute Gasteiger partial charge is 0.492 e. The summed E-state index contributed by atoms with van der Waals surface area (Å²) in [5.74, 6) is 1.75. The van der Waals surface area contributed by atoms with Crippen LogP contribution in [0.25, 0.3) is 0 Å². The van der Waals surface area contributed by atoms with Crippen molar-refractivity contribution >= 4 is 5.91 Å². The molecule has 0 bridgehead atoms. The van der Waals surface area contributed by atoms with Gasteiger partial charge in [0.05, 0.1) is 5.92 Å². The minimum absolute atomic E-state index is 0.0393. The Bertz CT molecular complexity index is 690. The van der Waals surface area contributed by atoms with E-state index in [9.17, 15) is 4.79 Å². The minimum atomic E-state index is -0.0393. The Morgan fingerprint density at radius 1 is 1.21 bits per heavy atom. The van der Waals surface area contributed by atoms with E-state index in [1.165, 1.54) is 0 Å². The normalized spacial score (nSPS) is 21.2. The van der Waals surface area contributed by atoms with E-state index in [1.54, 1.807) is 0 Å². The van der Waals surface area contributed by atoms with Gasteiger partial charge in [0.15, 0.2) is 0 Å². The van der Waals surface area contributed by atoms with Gasteiger partial charge in [0.1, 0.15) is 12.4 Å². The van der Waals surface area contributed by atoms with Crippen LogP contribution in [-0.4, -0.2) is 40.3 Å². The Labute approximate surface area is 142 Å². The SMILES string of the molecule is O=C([C@@H]1COc2ccccc2C1)N1CCC(Cn2cccn2)CC1. The number of aromatic nitrogens is 2. The number of piperidine rings is 1. The molecule has 0 aliphatic carbocycles. The molecule has 3 heterocycles. The standard InChI is InChI=1S/C19H23N3O2/c23-19(17-12-16-4-1-2-5-18(16)24-14-17)21-10-6-15(7-11-21)13-22-9-3-8-20-22/h1-5,8-9,15,17H,6-7,10-14H2/t17-/m0/s1. The number of carbonyl (C=O) groups excluding carboxylic acids is 1. The van der Waals surface area contributed by atoms with E-state index in [4.69, 9.17) is 4.74 Å². The van der Waals surface area contributed by atoms with Crippen molar-refractivity contribution in [3.05, 3.63) is 48.3 Å². The van der Waals surface area contributed by atoms with Gasteiger partial charge in [-0.2, -0.15) is 5.10 Å². The molecule has 1 atom stereocenters. The molecule has 0 N–H and O–H groups in total. The first-order valence-electron chi connectivity index (χ1n) is 8.76. The lowest BCUT2D eigenvalue weighted by molar-refractivity contribution is -0.138. The predicted molar refractivity (Wildman–Crippen MR) is 90.7 cm³/mol. The van der Waals surface area contributed by atoms with E-state index in [-0.39, 0.29) is 11.8 Å². The van der Waals surface area contributed by atoms with Crippen molar-refractivity contribution in [2.75, 3.05) is 19.7 Å². The molecule has 0 spiro atoms. The second-order valence-corrected chi connectivity index (χ2v) is 6.82. The number of rotatable bonds is 3. The van der Waals surface area contributed by atoms with Crippen LogP contribution in [0, 0.1) is 11.8 Å². The van der Waals surface area contributed by atoms with Crippen LogP contribution in [0.15, 0.2) is 42.7 Å². The van der Waals surface area contributed by atoms with Gasteiger partial charge in [-0.1, -0.05) is 18.2 Å². The number of amides is 1. The third-order valence-electron chi connectivity index (χ3n) is 5.16. The summed E-state index contributed by atoms with van der Waals surface area (Å²) >= 11 is 0. The van der Waals surface area contributed by atoms with Crippen LogP contribution in [-0.2, 0) is 17.8 Å². The van der Waals surface area contributed by atoms with Gasteiger partial charge in [-0.3, -0.25) is 9.48 Å². The summed E-state index contributed by atoms with van der Waals surface area (Å²) in [4.78, 5) is 14.8. The lowest BCUT2D eigenvalue weighted by atomic mass is 9.92. The molecule has 4 rings (SSSR count). The predicted octanol–water partition coefficient (Wildman–Crippen LogP) is 2.37. The number of benzene rings is 1. The highest BCUT2D eigenvalue weighted by Gasteiger charge is 2.31. The van der Waals surface area contributed by atoms with Crippen LogP contribution in [0.5, 0.6) is 5.75 Å². The molecule has 24 heavy (non-hydrogen) atoms. The molecule has 1 fully saturated rings. The number of fused-ring (bicyclic) bond motifs is 1. The summed E-state index contributed by atoms with van der Waals surface area (Å²) < 4.78 is 7.77. The third-order valence-corrected chi connectivity index (χ3v) is 5.16. The summed E-state index contributed by atoms with van der Waals surface area (Å²) in [7, 11) is 0. The molecule has 1 aromatic carbocycles. The van der Waals surface area contributed by atoms with Gasteiger partial charge in [-0.25, -0.2) is 0 Å². The van der Waals surface area contributed by atoms with Crippen LogP contribution in [0.1, 0.15) is 18.4 Å². The Morgan fingerprint density at radius 2 is 2.04 bits per heavy atom. The highest BCUT2D eigenvalue weighted by molar-refractivity contribution is 5.80. The lowest BCUT2D eigenvalue weighted by Crippen LogP contribution is -2.45. The Balaban J connectivity index is 1.32. The molecule has 0 unspecified atom stereocenters. The first kappa shape index (κ1) is 15.2. The molecule has 1 saturated heterocycles. The number of ether oxygens (including phenoxy) is 1. The summed E-state index contributed by atoms with van der Waals surface area (Å²) in [6.07, 6.45) is 6.72. The van der Waals surface area contributed by atoms with Gasteiger partial charge in [0, 0.05) is 32.0 Å². The number of likely N-dealkylation sites (tertiary alicyclic amines) is 1. The Kier molecular flexibility index (Phi) is 4.24. The van der Waals surface area contributed by atoms with Crippen molar-refractivity contribution in [1.82, 2.24) is 14.7 Å². The summed E-state index contributed by atoms with van der Waals surface area (Å²) in [5.41, 5.74) is 1.15. The van der Waals surface area contributed by atoms with E-state index in [1.807, 2.05) is 46.2 Å². The topological polar surface area (TPSA) is 47.4 Å². The minimum Gasteiger partial charge on any atom is -0.492 e. The monoisotopic (exact) mass is 325 g/mol. The van der Waals surface area contributed by atoms with Gasteiger partial charge in [-0.15, -0.1) is 0 Å². The molecule has 1 aromatic heterocycles. The smallest absolute Gasteiger partial charge is 0.229 e.